The molecule has 0 spiro atoms. The highest BCUT2D eigenvalue weighted by atomic mass is 16.5. The van der Waals surface area contributed by atoms with Gasteiger partial charge < -0.3 is 14.2 Å². The van der Waals surface area contributed by atoms with Crippen LogP contribution in [-0.2, 0) is 11.3 Å². The maximum absolute atomic E-state index is 11.8. The molecule has 136 valence electrons. The summed E-state index contributed by atoms with van der Waals surface area (Å²) >= 11 is 0. The number of aryl methyl sites for hydroxylation is 1. The van der Waals surface area contributed by atoms with Crippen molar-refractivity contribution in [1.29, 1.82) is 5.26 Å². The lowest BCUT2D eigenvalue weighted by Gasteiger charge is -2.19. The normalized spacial score (nSPS) is 10.3. The third-order valence-electron chi connectivity index (χ3n) is 4.01. The number of ether oxygens (including phenoxy) is 1. The minimum atomic E-state index is -0.525. The summed E-state index contributed by atoms with van der Waals surface area (Å²) in [4.78, 5) is 22.0. The number of methoxy groups -OCH3 is 1. The Balaban J connectivity index is 1.85. The van der Waals surface area contributed by atoms with Gasteiger partial charge in [-0.2, -0.15) is 5.26 Å². The van der Waals surface area contributed by atoms with E-state index in [4.69, 9.17) is 9.26 Å². The fourth-order valence-electron chi connectivity index (χ4n) is 2.64. The number of anilines is 1. The number of pyridine rings is 2. The molecule has 3 aromatic rings. The van der Waals surface area contributed by atoms with Crippen molar-refractivity contribution in [3.8, 4) is 17.3 Å². The van der Waals surface area contributed by atoms with Crippen molar-refractivity contribution in [2.75, 3.05) is 19.1 Å². The molecule has 3 aromatic heterocycles. The highest BCUT2D eigenvalue weighted by Gasteiger charge is 2.19. The molecule has 0 radical (unpaired) electrons. The fourth-order valence-corrected chi connectivity index (χ4v) is 2.64. The van der Waals surface area contributed by atoms with Crippen molar-refractivity contribution in [1.82, 2.24) is 15.1 Å². The van der Waals surface area contributed by atoms with E-state index in [1.807, 2.05) is 18.2 Å². The first-order valence-electron chi connectivity index (χ1n) is 8.10. The quantitative estimate of drug-likeness (QED) is 0.637. The number of nitrogens with zero attached hydrogens (tertiary/aromatic N) is 5. The van der Waals surface area contributed by atoms with Crippen molar-refractivity contribution < 1.29 is 14.1 Å². The topological polar surface area (TPSA) is 105 Å². The van der Waals surface area contributed by atoms with E-state index in [0.717, 1.165) is 5.56 Å². The molecule has 0 N–H and O–H groups in total. The SMILES string of the molecule is COC(=O)c1cc(C#N)c(N(C)Cc2cc(-c3ccncc3)no2)nc1C. The zero-order valence-corrected chi connectivity index (χ0v) is 15.1. The summed E-state index contributed by atoms with van der Waals surface area (Å²) < 4.78 is 10.1. The molecule has 0 atom stereocenters. The van der Waals surface area contributed by atoms with Gasteiger partial charge in [-0.05, 0) is 25.1 Å². The third kappa shape index (κ3) is 3.77. The second-order valence-electron chi connectivity index (χ2n) is 5.87. The van der Waals surface area contributed by atoms with E-state index in [-0.39, 0.29) is 11.1 Å². The van der Waals surface area contributed by atoms with Crippen molar-refractivity contribution in [2.24, 2.45) is 0 Å². The molecule has 0 saturated carbocycles. The van der Waals surface area contributed by atoms with Gasteiger partial charge in [-0.3, -0.25) is 4.98 Å². The Hall–Kier alpha value is -3.73. The average molecular weight is 363 g/mol. The zero-order chi connectivity index (χ0) is 19.4. The smallest absolute Gasteiger partial charge is 0.339 e. The predicted molar refractivity (Wildman–Crippen MR) is 96.9 cm³/mol. The van der Waals surface area contributed by atoms with Gasteiger partial charge in [0.05, 0.1) is 30.5 Å². The highest BCUT2D eigenvalue weighted by molar-refractivity contribution is 5.91. The van der Waals surface area contributed by atoms with Crippen LogP contribution < -0.4 is 4.90 Å². The van der Waals surface area contributed by atoms with Gasteiger partial charge in [0.25, 0.3) is 0 Å². The zero-order valence-electron chi connectivity index (χ0n) is 15.1. The van der Waals surface area contributed by atoms with Gasteiger partial charge in [0.2, 0.25) is 0 Å². The van der Waals surface area contributed by atoms with Gasteiger partial charge >= 0.3 is 5.97 Å². The Morgan fingerprint density at radius 3 is 2.74 bits per heavy atom. The Bertz CT molecular complexity index is 1010. The Morgan fingerprint density at radius 2 is 2.07 bits per heavy atom. The summed E-state index contributed by atoms with van der Waals surface area (Å²) in [5.41, 5.74) is 2.63. The lowest BCUT2D eigenvalue weighted by atomic mass is 10.1. The maximum atomic E-state index is 11.8. The van der Waals surface area contributed by atoms with Gasteiger partial charge in [-0.1, -0.05) is 5.16 Å². The summed E-state index contributed by atoms with van der Waals surface area (Å²) in [6.07, 6.45) is 3.37. The van der Waals surface area contributed by atoms with E-state index < -0.39 is 5.97 Å². The van der Waals surface area contributed by atoms with E-state index in [2.05, 4.69) is 21.2 Å². The van der Waals surface area contributed by atoms with Crippen LogP contribution in [0.3, 0.4) is 0 Å². The molecule has 0 aliphatic carbocycles. The van der Waals surface area contributed by atoms with Gasteiger partial charge in [-0.15, -0.1) is 0 Å². The van der Waals surface area contributed by atoms with Gasteiger partial charge in [0.15, 0.2) is 5.76 Å². The summed E-state index contributed by atoms with van der Waals surface area (Å²) in [7, 11) is 3.08. The number of hydrogen-bond acceptors (Lipinski definition) is 8. The van der Waals surface area contributed by atoms with Crippen LogP contribution in [0.25, 0.3) is 11.3 Å². The van der Waals surface area contributed by atoms with Crippen LogP contribution in [0.4, 0.5) is 5.82 Å². The standard InChI is InChI=1S/C19H17N5O3/c1-12-16(19(25)26-3)8-14(10-20)18(22-12)24(2)11-15-9-17(23-27-15)13-4-6-21-7-5-13/h4-9H,11H2,1-3H3. The molecule has 3 heterocycles. The monoisotopic (exact) mass is 363 g/mol. The van der Waals surface area contributed by atoms with E-state index in [0.29, 0.717) is 29.5 Å². The van der Waals surface area contributed by atoms with E-state index >= 15 is 0 Å². The van der Waals surface area contributed by atoms with Crippen LogP contribution in [0, 0.1) is 18.3 Å². The lowest BCUT2D eigenvalue weighted by molar-refractivity contribution is 0.0599. The predicted octanol–water partition coefficient (Wildman–Crippen LogP) is 2.73. The largest absolute Gasteiger partial charge is 0.465 e. The first kappa shape index (κ1) is 18.1. The number of hydrogen-bond donors (Lipinski definition) is 0. The lowest BCUT2D eigenvalue weighted by Crippen LogP contribution is -2.20. The molecular formula is C19H17N5O3. The minimum Gasteiger partial charge on any atom is -0.465 e. The molecule has 8 heteroatoms. The summed E-state index contributed by atoms with van der Waals surface area (Å²) in [5, 5.41) is 13.5. The fraction of sp³-hybridized carbons (Fsp3) is 0.211. The van der Waals surface area contributed by atoms with Crippen LogP contribution in [0.2, 0.25) is 0 Å². The number of carbonyl (C=O) groups is 1. The van der Waals surface area contributed by atoms with Gasteiger partial charge in [0.1, 0.15) is 17.6 Å². The van der Waals surface area contributed by atoms with Crippen molar-refractivity contribution in [3.63, 3.8) is 0 Å². The first-order chi connectivity index (χ1) is 13.0. The molecule has 0 fully saturated rings. The summed E-state index contributed by atoms with van der Waals surface area (Å²) in [5.74, 6) is 0.539. The molecule has 27 heavy (non-hydrogen) atoms. The number of rotatable bonds is 5. The maximum Gasteiger partial charge on any atom is 0.339 e. The first-order valence-corrected chi connectivity index (χ1v) is 8.10. The molecule has 3 rings (SSSR count). The second kappa shape index (κ2) is 7.66. The molecule has 0 unspecified atom stereocenters. The van der Waals surface area contributed by atoms with Crippen LogP contribution in [-0.4, -0.2) is 35.3 Å². The van der Waals surface area contributed by atoms with E-state index in [1.165, 1.54) is 13.2 Å². The van der Waals surface area contributed by atoms with Crippen molar-refractivity contribution in [2.45, 2.75) is 13.5 Å². The molecule has 8 nitrogen and oxygen atoms in total. The molecular weight excluding hydrogens is 346 g/mol. The molecule has 0 saturated heterocycles. The van der Waals surface area contributed by atoms with Gasteiger partial charge in [-0.25, -0.2) is 9.78 Å². The summed E-state index contributed by atoms with van der Waals surface area (Å²) in [6.45, 7) is 2.05. The van der Waals surface area contributed by atoms with Crippen molar-refractivity contribution in [3.05, 3.63) is 59.2 Å². The Kier molecular flexibility index (Phi) is 5.13. The highest BCUT2D eigenvalue weighted by Crippen LogP contribution is 2.24. The third-order valence-corrected chi connectivity index (χ3v) is 4.01. The van der Waals surface area contributed by atoms with Crippen LogP contribution in [0.15, 0.2) is 41.2 Å². The molecule has 0 aliphatic rings. The number of carbonyl (C=O) groups excluding carboxylic acids is 1. The summed E-state index contributed by atoms with van der Waals surface area (Å²) in [6, 6.07) is 9.08. The number of aromatic nitrogens is 3. The second-order valence-corrected chi connectivity index (χ2v) is 5.87. The van der Waals surface area contributed by atoms with E-state index in [1.54, 1.807) is 31.3 Å². The Morgan fingerprint density at radius 1 is 1.33 bits per heavy atom. The molecule has 0 amide bonds. The van der Waals surface area contributed by atoms with Crippen LogP contribution in [0.5, 0.6) is 0 Å². The van der Waals surface area contributed by atoms with Crippen LogP contribution in [0.1, 0.15) is 27.4 Å². The average Bonchev–Trinajstić information content (AvgIpc) is 3.16. The molecule has 0 bridgehead atoms. The Labute approximate surface area is 156 Å². The van der Waals surface area contributed by atoms with Crippen molar-refractivity contribution >= 4 is 11.8 Å². The van der Waals surface area contributed by atoms with Crippen LogP contribution >= 0.6 is 0 Å². The molecule has 0 aromatic carbocycles. The van der Waals surface area contributed by atoms with E-state index in [9.17, 15) is 10.1 Å². The molecule has 0 aliphatic heterocycles. The van der Waals surface area contributed by atoms with Gasteiger partial charge in [0, 0.05) is 31.1 Å². The number of esters is 1. The number of nitriles is 1. The minimum absolute atomic E-state index is 0.269.